The molecule has 0 unspecified atom stereocenters. The van der Waals surface area contributed by atoms with Crippen LogP contribution in [0.5, 0.6) is 0 Å². The first-order valence-corrected chi connectivity index (χ1v) is 9.90. The van der Waals surface area contributed by atoms with Crippen molar-refractivity contribution in [3.63, 3.8) is 0 Å². The zero-order valence-corrected chi connectivity index (χ0v) is 15.5. The van der Waals surface area contributed by atoms with Gasteiger partial charge in [0.15, 0.2) is 0 Å². The molecule has 7 heteroatoms. The minimum Gasteiger partial charge on any atom is -0.312 e. The molecule has 0 bridgehead atoms. The van der Waals surface area contributed by atoms with E-state index in [1.165, 1.54) is 0 Å². The Hall–Kier alpha value is -1.86. The van der Waals surface area contributed by atoms with Gasteiger partial charge in [0, 0.05) is 28.8 Å². The van der Waals surface area contributed by atoms with Crippen LogP contribution in [0.15, 0.2) is 51.8 Å². The first kappa shape index (κ1) is 17.0. The van der Waals surface area contributed by atoms with Gasteiger partial charge < -0.3 is 4.90 Å². The molecule has 0 aliphatic carbocycles. The molecule has 1 aliphatic heterocycles. The van der Waals surface area contributed by atoms with Crippen molar-refractivity contribution in [1.82, 2.24) is 0 Å². The average Bonchev–Trinajstić information content (AvgIpc) is 2.55. The summed E-state index contributed by atoms with van der Waals surface area (Å²) in [5, 5.41) is 0. The highest BCUT2D eigenvalue weighted by atomic mass is 79.9. The van der Waals surface area contributed by atoms with Crippen LogP contribution in [0.3, 0.4) is 0 Å². The van der Waals surface area contributed by atoms with Gasteiger partial charge >= 0.3 is 0 Å². The van der Waals surface area contributed by atoms with E-state index in [1.54, 1.807) is 47.4 Å². The van der Waals surface area contributed by atoms with Crippen LogP contribution < -0.4 is 9.62 Å². The summed E-state index contributed by atoms with van der Waals surface area (Å²) in [5.74, 6) is 0.105. The van der Waals surface area contributed by atoms with Gasteiger partial charge in [0.2, 0.25) is 5.91 Å². The zero-order chi connectivity index (χ0) is 17.3. The van der Waals surface area contributed by atoms with Crippen LogP contribution in [0.25, 0.3) is 0 Å². The first-order chi connectivity index (χ1) is 11.4. The number of carbonyl (C=O) groups is 1. The predicted molar refractivity (Wildman–Crippen MR) is 97.7 cm³/mol. The molecule has 0 saturated carbocycles. The number of anilines is 2. The Morgan fingerprint density at radius 1 is 1.12 bits per heavy atom. The van der Waals surface area contributed by atoms with E-state index in [1.807, 2.05) is 6.92 Å². The van der Waals surface area contributed by atoms with Crippen molar-refractivity contribution in [2.45, 2.75) is 24.7 Å². The highest BCUT2D eigenvalue weighted by molar-refractivity contribution is 9.10. The smallest absolute Gasteiger partial charge is 0.261 e. The van der Waals surface area contributed by atoms with E-state index in [-0.39, 0.29) is 10.8 Å². The Morgan fingerprint density at radius 2 is 1.83 bits per heavy atom. The molecular weight excluding hydrogens is 392 g/mol. The lowest BCUT2D eigenvalue weighted by molar-refractivity contribution is -0.118. The molecular formula is C17H17BrN2O3S. The normalized spacial score (nSPS) is 14.4. The van der Waals surface area contributed by atoms with Crippen LogP contribution in [0.4, 0.5) is 11.4 Å². The number of fused-ring (bicyclic) bond motifs is 1. The van der Waals surface area contributed by atoms with Gasteiger partial charge in [0.05, 0.1) is 4.90 Å². The fourth-order valence-corrected chi connectivity index (χ4v) is 4.11. The second-order valence-corrected chi connectivity index (χ2v) is 8.14. The lowest BCUT2D eigenvalue weighted by Crippen LogP contribution is -2.34. The molecule has 2 aromatic rings. The quantitative estimate of drug-likeness (QED) is 0.840. The standard InChI is InChI=1S/C17H17BrN2O3S/c1-2-20-16-9-6-14(11-12(16)3-10-17(20)21)19-24(22,23)15-7-4-13(18)5-8-15/h4-9,11,19H,2-3,10H2,1H3. The first-order valence-electron chi connectivity index (χ1n) is 7.62. The van der Waals surface area contributed by atoms with E-state index in [4.69, 9.17) is 0 Å². The molecule has 0 spiro atoms. The summed E-state index contributed by atoms with van der Waals surface area (Å²) < 4.78 is 28.3. The molecule has 1 amide bonds. The summed E-state index contributed by atoms with van der Waals surface area (Å²) in [4.78, 5) is 13.9. The summed E-state index contributed by atoms with van der Waals surface area (Å²) in [5.41, 5.74) is 2.34. The van der Waals surface area contributed by atoms with Crippen molar-refractivity contribution in [2.75, 3.05) is 16.2 Å². The number of hydrogen-bond acceptors (Lipinski definition) is 3. The van der Waals surface area contributed by atoms with E-state index >= 15 is 0 Å². The molecule has 2 aromatic carbocycles. The van der Waals surface area contributed by atoms with Gasteiger partial charge in [-0.3, -0.25) is 9.52 Å². The Balaban J connectivity index is 1.89. The lowest BCUT2D eigenvalue weighted by atomic mass is 10.0. The van der Waals surface area contributed by atoms with Crippen molar-refractivity contribution in [2.24, 2.45) is 0 Å². The van der Waals surface area contributed by atoms with E-state index < -0.39 is 10.0 Å². The van der Waals surface area contributed by atoms with Crippen molar-refractivity contribution < 1.29 is 13.2 Å². The molecule has 5 nitrogen and oxygen atoms in total. The third-order valence-corrected chi connectivity index (χ3v) is 5.90. The number of benzene rings is 2. The van der Waals surface area contributed by atoms with Crippen molar-refractivity contribution in [3.8, 4) is 0 Å². The zero-order valence-electron chi connectivity index (χ0n) is 13.1. The minimum absolute atomic E-state index is 0.105. The predicted octanol–water partition coefficient (Wildman–Crippen LogP) is 3.55. The highest BCUT2D eigenvalue weighted by Crippen LogP contribution is 2.31. The Labute approximate surface area is 149 Å². The van der Waals surface area contributed by atoms with Crippen molar-refractivity contribution >= 4 is 43.2 Å². The van der Waals surface area contributed by atoms with Gasteiger partial charge in [-0.05, 0) is 61.4 Å². The summed E-state index contributed by atoms with van der Waals surface area (Å²) in [6.07, 6.45) is 1.07. The van der Waals surface area contributed by atoms with Crippen molar-refractivity contribution in [3.05, 3.63) is 52.5 Å². The Morgan fingerprint density at radius 3 is 2.50 bits per heavy atom. The molecule has 0 fully saturated rings. The van der Waals surface area contributed by atoms with Gasteiger partial charge in [-0.15, -0.1) is 0 Å². The summed E-state index contributed by atoms with van der Waals surface area (Å²) in [7, 11) is -3.64. The Bertz CT molecular complexity index is 879. The van der Waals surface area contributed by atoms with Gasteiger partial charge in [-0.25, -0.2) is 8.42 Å². The second kappa shape index (κ2) is 6.57. The molecule has 0 aromatic heterocycles. The van der Waals surface area contributed by atoms with Crippen LogP contribution in [0.1, 0.15) is 18.9 Å². The number of hydrogen-bond donors (Lipinski definition) is 1. The average molecular weight is 409 g/mol. The number of halogens is 1. The van der Waals surface area contributed by atoms with Crippen molar-refractivity contribution in [1.29, 1.82) is 0 Å². The van der Waals surface area contributed by atoms with Crippen LogP contribution >= 0.6 is 15.9 Å². The molecule has 1 heterocycles. The van der Waals surface area contributed by atoms with Crippen LogP contribution in [-0.2, 0) is 21.2 Å². The summed E-state index contributed by atoms with van der Waals surface area (Å²) >= 11 is 3.29. The number of sulfonamides is 1. The maximum atomic E-state index is 12.5. The largest absolute Gasteiger partial charge is 0.312 e. The van der Waals surface area contributed by atoms with Crippen LogP contribution in [-0.4, -0.2) is 20.9 Å². The lowest BCUT2D eigenvalue weighted by Gasteiger charge is -2.28. The van der Waals surface area contributed by atoms with E-state index in [2.05, 4.69) is 20.7 Å². The second-order valence-electron chi connectivity index (χ2n) is 5.54. The minimum atomic E-state index is -3.64. The monoisotopic (exact) mass is 408 g/mol. The molecule has 0 radical (unpaired) electrons. The number of amides is 1. The van der Waals surface area contributed by atoms with Gasteiger partial charge in [-0.1, -0.05) is 15.9 Å². The number of nitrogens with one attached hydrogen (secondary N) is 1. The fourth-order valence-electron chi connectivity index (χ4n) is 2.80. The van der Waals surface area contributed by atoms with Gasteiger partial charge in [0.1, 0.15) is 0 Å². The molecule has 24 heavy (non-hydrogen) atoms. The van der Waals surface area contributed by atoms with E-state index in [0.717, 1.165) is 15.7 Å². The number of rotatable bonds is 4. The maximum absolute atomic E-state index is 12.5. The Kier molecular flexibility index (Phi) is 4.64. The van der Waals surface area contributed by atoms with Crippen LogP contribution in [0, 0.1) is 0 Å². The maximum Gasteiger partial charge on any atom is 0.261 e. The van der Waals surface area contributed by atoms with E-state index in [0.29, 0.717) is 25.1 Å². The summed E-state index contributed by atoms with van der Waals surface area (Å²) in [6, 6.07) is 11.8. The SMILES string of the molecule is CCN1C(=O)CCc2cc(NS(=O)(=O)c3ccc(Br)cc3)ccc21. The third-order valence-electron chi connectivity index (χ3n) is 3.97. The molecule has 126 valence electrons. The topological polar surface area (TPSA) is 66.5 Å². The van der Waals surface area contributed by atoms with Gasteiger partial charge in [-0.2, -0.15) is 0 Å². The van der Waals surface area contributed by atoms with E-state index in [9.17, 15) is 13.2 Å². The number of aryl methyl sites for hydroxylation is 1. The fraction of sp³-hybridized carbons (Fsp3) is 0.235. The third kappa shape index (κ3) is 3.32. The van der Waals surface area contributed by atoms with Crippen LogP contribution in [0.2, 0.25) is 0 Å². The molecule has 0 atom stereocenters. The molecule has 3 rings (SSSR count). The molecule has 0 saturated heterocycles. The highest BCUT2D eigenvalue weighted by Gasteiger charge is 2.23. The molecule has 1 N–H and O–H groups in total. The number of carbonyl (C=O) groups excluding carboxylic acids is 1. The van der Waals surface area contributed by atoms with Gasteiger partial charge in [0.25, 0.3) is 10.0 Å². The number of nitrogens with zero attached hydrogens (tertiary/aromatic N) is 1. The molecule has 1 aliphatic rings. The summed E-state index contributed by atoms with van der Waals surface area (Å²) in [6.45, 7) is 2.53.